The molecule has 4 nitrogen and oxygen atoms in total. The van der Waals surface area contributed by atoms with Gasteiger partial charge in [-0.05, 0) is 25.0 Å². The summed E-state index contributed by atoms with van der Waals surface area (Å²) in [5.74, 6) is -0.739. The van der Waals surface area contributed by atoms with Crippen molar-refractivity contribution in [2.45, 2.75) is 29.7 Å². The first-order valence-corrected chi connectivity index (χ1v) is 9.17. The molecule has 1 heterocycles. The minimum Gasteiger partial charge on any atom is -0.298 e. The molecular weight excluding hydrogens is 356 g/mol. The van der Waals surface area contributed by atoms with E-state index in [2.05, 4.69) is 10.2 Å². The van der Waals surface area contributed by atoms with Gasteiger partial charge in [-0.1, -0.05) is 42.1 Å². The lowest BCUT2D eigenvalue weighted by Crippen LogP contribution is -2.10. The maximum Gasteiger partial charge on any atom is 0.196 e. The first-order chi connectivity index (χ1) is 12.6. The number of rotatable bonds is 4. The third kappa shape index (κ3) is 3.14. The highest BCUT2D eigenvalue weighted by Gasteiger charge is 2.29. The van der Waals surface area contributed by atoms with Gasteiger partial charge in [0.05, 0.1) is 10.9 Å². The molecule has 4 rings (SSSR count). The van der Waals surface area contributed by atoms with Crippen molar-refractivity contribution >= 4 is 17.5 Å². The third-order valence-corrected chi connectivity index (χ3v) is 5.57. The molecule has 0 N–H and O–H groups in total. The number of nitrogens with zero attached hydrogens (tertiary/aromatic N) is 3. The van der Waals surface area contributed by atoms with Gasteiger partial charge >= 0.3 is 0 Å². The van der Waals surface area contributed by atoms with Gasteiger partial charge in [0.2, 0.25) is 0 Å². The van der Waals surface area contributed by atoms with E-state index >= 15 is 0 Å². The second kappa shape index (κ2) is 6.99. The molecule has 0 spiro atoms. The second-order valence-corrected chi connectivity index (χ2v) is 7.24. The Morgan fingerprint density at radius 2 is 1.88 bits per heavy atom. The first-order valence-electron chi connectivity index (χ1n) is 8.29. The number of benzene rings is 2. The molecule has 26 heavy (non-hydrogen) atoms. The fourth-order valence-electron chi connectivity index (χ4n) is 3.04. The van der Waals surface area contributed by atoms with E-state index in [0.717, 1.165) is 24.5 Å². The predicted octanol–water partition coefficient (Wildman–Crippen LogP) is 4.43. The summed E-state index contributed by atoms with van der Waals surface area (Å²) in [6.07, 6.45) is 2.17. The van der Waals surface area contributed by atoms with E-state index in [-0.39, 0.29) is 16.7 Å². The number of hydrogen-bond acceptors (Lipinski definition) is 4. The van der Waals surface area contributed by atoms with Gasteiger partial charge in [0, 0.05) is 18.1 Å². The quantitative estimate of drug-likeness (QED) is 0.681. The van der Waals surface area contributed by atoms with E-state index in [0.29, 0.717) is 17.4 Å². The van der Waals surface area contributed by atoms with Crippen LogP contribution in [0.1, 0.15) is 19.3 Å². The topological polar surface area (TPSA) is 47.8 Å². The van der Waals surface area contributed by atoms with E-state index in [1.807, 2.05) is 30.3 Å². The molecule has 1 aliphatic rings. The molecule has 132 valence electrons. The van der Waals surface area contributed by atoms with Gasteiger partial charge in [-0.15, -0.1) is 10.2 Å². The highest BCUT2D eigenvalue weighted by molar-refractivity contribution is 8.00. The number of ketones is 1. The van der Waals surface area contributed by atoms with Crippen molar-refractivity contribution in [2.75, 3.05) is 0 Å². The fourth-order valence-corrected chi connectivity index (χ4v) is 4.20. The number of hydrogen-bond donors (Lipinski definition) is 0. The van der Waals surface area contributed by atoms with E-state index in [1.54, 1.807) is 4.57 Å². The van der Waals surface area contributed by atoms with Crippen LogP contribution in [0.15, 0.2) is 53.7 Å². The Kier molecular flexibility index (Phi) is 4.55. The summed E-state index contributed by atoms with van der Waals surface area (Å²) < 4.78 is 29.4. The zero-order chi connectivity index (χ0) is 18.1. The Balaban J connectivity index is 1.84. The summed E-state index contributed by atoms with van der Waals surface area (Å²) in [4.78, 5) is 12.0. The standard InChI is InChI=1S/C19H15F2N3OS/c20-13-9-10-15(14(21)11-13)24-18(12-5-2-1-3-6-12)22-23-19(24)26-17-8-4-7-16(17)25/h1-3,5-6,9-11,17H,4,7-8H2/t17-/m0/s1. The summed E-state index contributed by atoms with van der Waals surface area (Å²) in [5, 5.41) is 8.63. The van der Waals surface area contributed by atoms with Crippen LogP contribution in [-0.2, 0) is 4.79 Å². The molecule has 0 radical (unpaired) electrons. The van der Waals surface area contributed by atoms with Crippen molar-refractivity contribution in [2.24, 2.45) is 0 Å². The molecule has 7 heteroatoms. The summed E-state index contributed by atoms with van der Waals surface area (Å²) >= 11 is 1.29. The lowest BCUT2D eigenvalue weighted by Gasteiger charge is -2.13. The number of aromatic nitrogens is 3. The van der Waals surface area contributed by atoms with Gasteiger partial charge < -0.3 is 0 Å². The molecule has 0 saturated heterocycles. The summed E-state index contributed by atoms with van der Waals surface area (Å²) in [6, 6.07) is 12.7. The average molecular weight is 371 g/mol. The Labute approximate surface area is 153 Å². The Bertz CT molecular complexity index is 959. The highest BCUT2D eigenvalue weighted by atomic mass is 32.2. The molecule has 1 aromatic heterocycles. The third-order valence-electron chi connectivity index (χ3n) is 4.31. The lowest BCUT2D eigenvalue weighted by molar-refractivity contribution is -0.116. The Hall–Kier alpha value is -2.54. The molecule has 0 bridgehead atoms. The van der Waals surface area contributed by atoms with Gasteiger partial charge in [-0.25, -0.2) is 8.78 Å². The highest BCUT2D eigenvalue weighted by Crippen LogP contribution is 2.35. The average Bonchev–Trinajstić information content (AvgIpc) is 3.23. The van der Waals surface area contributed by atoms with Crippen LogP contribution in [0, 0.1) is 11.6 Å². The number of carbonyl (C=O) groups excluding carboxylic acids is 1. The zero-order valence-electron chi connectivity index (χ0n) is 13.7. The molecule has 0 aliphatic heterocycles. The van der Waals surface area contributed by atoms with Gasteiger partial charge in [0.15, 0.2) is 11.0 Å². The Morgan fingerprint density at radius 1 is 1.08 bits per heavy atom. The second-order valence-electron chi connectivity index (χ2n) is 6.07. The Morgan fingerprint density at radius 3 is 2.58 bits per heavy atom. The van der Waals surface area contributed by atoms with E-state index in [4.69, 9.17) is 0 Å². The van der Waals surface area contributed by atoms with E-state index in [9.17, 15) is 13.6 Å². The number of thioether (sulfide) groups is 1. The molecule has 0 unspecified atom stereocenters. The molecule has 1 fully saturated rings. The lowest BCUT2D eigenvalue weighted by atomic mass is 10.2. The maximum atomic E-state index is 14.5. The van der Waals surface area contributed by atoms with Crippen molar-refractivity contribution < 1.29 is 13.6 Å². The summed E-state index contributed by atoms with van der Waals surface area (Å²) in [6.45, 7) is 0. The summed E-state index contributed by atoms with van der Waals surface area (Å²) in [7, 11) is 0. The molecule has 2 aromatic carbocycles. The molecule has 1 aliphatic carbocycles. The van der Waals surface area contributed by atoms with Crippen LogP contribution in [0.5, 0.6) is 0 Å². The number of carbonyl (C=O) groups is 1. The largest absolute Gasteiger partial charge is 0.298 e. The number of halogens is 2. The van der Waals surface area contributed by atoms with Crippen LogP contribution in [0.4, 0.5) is 8.78 Å². The first kappa shape index (κ1) is 16.9. The SMILES string of the molecule is O=C1CCC[C@@H]1Sc1nnc(-c2ccccc2)n1-c1ccc(F)cc1F. The van der Waals surface area contributed by atoms with E-state index in [1.165, 1.54) is 23.9 Å². The predicted molar refractivity (Wildman–Crippen MR) is 95.2 cm³/mol. The van der Waals surface area contributed by atoms with Gasteiger partial charge in [0.25, 0.3) is 0 Å². The van der Waals surface area contributed by atoms with Crippen molar-refractivity contribution in [1.29, 1.82) is 0 Å². The van der Waals surface area contributed by atoms with Crippen LogP contribution in [0.3, 0.4) is 0 Å². The minimum atomic E-state index is -0.707. The van der Waals surface area contributed by atoms with Crippen molar-refractivity contribution in [3.63, 3.8) is 0 Å². The zero-order valence-corrected chi connectivity index (χ0v) is 14.5. The van der Waals surface area contributed by atoms with Crippen LogP contribution < -0.4 is 0 Å². The van der Waals surface area contributed by atoms with E-state index < -0.39 is 11.6 Å². The molecular formula is C19H15F2N3OS. The molecule has 3 aromatic rings. The van der Waals surface area contributed by atoms with Crippen molar-refractivity contribution in [1.82, 2.24) is 14.8 Å². The normalized spacial score (nSPS) is 17.0. The molecule has 1 saturated carbocycles. The van der Waals surface area contributed by atoms with Crippen LogP contribution in [-0.4, -0.2) is 25.8 Å². The van der Waals surface area contributed by atoms with Crippen molar-refractivity contribution in [3.8, 4) is 17.1 Å². The van der Waals surface area contributed by atoms with Gasteiger partial charge in [-0.2, -0.15) is 0 Å². The monoisotopic (exact) mass is 371 g/mol. The van der Waals surface area contributed by atoms with Gasteiger partial charge in [-0.3, -0.25) is 9.36 Å². The van der Waals surface area contributed by atoms with Crippen LogP contribution in [0.25, 0.3) is 17.1 Å². The van der Waals surface area contributed by atoms with Gasteiger partial charge in [0.1, 0.15) is 17.4 Å². The summed E-state index contributed by atoms with van der Waals surface area (Å²) in [5.41, 5.74) is 0.913. The van der Waals surface area contributed by atoms with Crippen LogP contribution in [0.2, 0.25) is 0 Å². The number of Topliss-reactive ketones (excluding diaryl/α,β-unsaturated/α-hetero) is 1. The smallest absolute Gasteiger partial charge is 0.196 e. The minimum absolute atomic E-state index is 0.156. The molecule has 1 atom stereocenters. The van der Waals surface area contributed by atoms with Crippen LogP contribution >= 0.6 is 11.8 Å². The fraction of sp³-hybridized carbons (Fsp3) is 0.211. The molecule has 0 amide bonds. The maximum absolute atomic E-state index is 14.5. The van der Waals surface area contributed by atoms with Crippen molar-refractivity contribution in [3.05, 3.63) is 60.2 Å².